The molecule has 0 N–H and O–H groups in total. The summed E-state index contributed by atoms with van der Waals surface area (Å²) in [4.78, 5) is 0. The second-order valence-electron chi connectivity index (χ2n) is 3.32. The average Bonchev–Trinajstić information content (AvgIpc) is 1.98. The molecule has 0 aromatic heterocycles. The van der Waals surface area contributed by atoms with Gasteiger partial charge in [-0.25, -0.2) is 0 Å². The van der Waals surface area contributed by atoms with Crippen molar-refractivity contribution in [2.75, 3.05) is 18.1 Å². The largest absolute Gasteiger partial charge is 0.375 e. The Hall–Kier alpha value is 0.0500. The lowest BCUT2D eigenvalue weighted by molar-refractivity contribution is 0.00921. The Balaban J connectivity index is 3.39. The van der Waals surface area contributed by atoms with Crippen LogP contribution in [0.4, 0.5) is 0 Å². The third kappa shape index (κ3) is 6.74. The van der Waals surface area contributed by atoms with Gasteiger partial charge in [0.25, 0.3) is 0 Å². The first-order chi connectivity index (χ1) is 5.62. The highest BCUT2D eigenvalue weighted by Gasteiger charge is 2.16. The Morgan fingerprint density at radius 2 is 2.17 bits per heavy atom. The predicted octanol–water partition coefficient (Wildman–Crippen LogP) is 3.11. The summed E-state index contributed by atoms with van der Waals surface area (Å²) in [7, 11) is 0. The number of rotatable bonds is 7. The molecule has 0 bridgehead atoms. The van der Waals surface area contributed by atoms with E-state index in [0.717, 1.165) is 24.5 Å². The highest BCUT2D eigenvalue weighted by atomic mass is 32.2. The molecule has 0 heterocycles. The van der Waals surface area contributed by atoms with E-state index in [1.54, 1.807) is 0 Å². The lowest BCUT2D eigenvalue weighted by atomic mass is 10.2. The molecule has 0 aliphatic carbocycles. The second kappa shape index (κ2) is 6.55. The molecule has 0 aromatic carbocycles. The molecule has 1 nitrogen and oxygen atoms in total. The molecular formula is C10H20OS. The van der Waals surface area contributed by atoms with Gasteiger partial charge >= 0.3 is 0 Å². The van der Waals surface area contributed by atoms with Gasteiger partial charge in [0.1, 0.15) is 0 Å². The smallest absolute Gasteiger partial charge is 0.0716 e. The van der Waals surface area contributed by atoms with E-state index in [-0.39, 0.29) is 5.60 Å². The first kappa shape index (κ1) is 12.0. The maximum Gasteiger partial charge on any atom is 0.0716 e. The Kier molecular flexibility index (Phi) is 6.58. The lowest BCUT2D eigenvalue weighted by Crippen LogP contribution is -2.27. The van der Waals surface area contributed by atoms with Gasteiger partial charge in [0.15, 0.2) is 0 Å². The number of hydrogen-bond donors (Lipinski definition) is 0. The molecule has 0 fully saturated rings. The van der Waals surface area contributed by atoms with Gasteiger partial charge < -0.3 is 4.74 Å². The number of thioether (sulfide) groups is 1. The summed E-state index contributed by atoms with van der Waals surface area (Å²) < 4.78 is 5.56. The van der Waals surface area contributed by atoms with Crippen molar-refractivity contribution >= 4 is 11.8 Å². The van der Waals surface area contributed by atoms with E-state index >= 15 is 0 Å². The van der Waals surface area contributed by atoms with Gasteiger partial charge in [-0.05, 0) is 32.9 Å². The van der Waals surface area contributed by atoms with Gasteiger partial charge in [-0.15, -0.1) is 6.58 Å². The van der Waals surface area contributed by atoms with Crippen molar-refractivity contribution in [3.8, 4) is 0 Å². The zero-order chi connectivity index (χ0) is 9.45. The Morgan fingerprint density at radius 1 is 1.50 bits per heavy atom. The minimum atomic E-state index is 0.0284. The second-order valence-corrected chi connectivity index (χ2v) is 4.43. The SMILES string of the molecule is C=CCCSCC(C)(C)OCC. The van der Waals surface area contributed by atoms with Gasteiger partial charge in [-0.1, -0.05) is 6.08 Å². The van der Waals surface area contributed by atoms with Gasteiger partial charge in [0, 0.05) is 12.4 Å². The number of ether oxygens (including phenoxy) is 1. The van der Waals surface area contributed by atoms with Crippen LogP contribution in [0.25, 0.3) is 0 Å². The van der Waals surface area contributed by atoms with Crippen LogP contribution < -0.4 is 0 Å². The zero-order valence-corrected chi connectivity index (χ0v) is 9.25. The monoisotopic (exact) mass is 188 g/mol. The Labute approximate surface area is 80.6 Å². The highest BCUT2D eigenvalue weighted by molar-refractivity contribution is 7.99. The molecule has 0 aliphatic heterocycles. The fourth-order valence-corrected chi connectivity index (χ4v) is 1.97. The van der Waals surface area contributed by atoms with Crippen LogP contribution in [0.3, 0.4) is 0 Å². The van der Waals surface area contributed by atoms with Gasteiger partial charge in [-0.2, -0.15) is 11.8 Å². The van der Waals surface area contributed by atoms with E-state index in [2.05, 4.69) is 20.4 Å². The molecule has 0 saturated carbocycles. The van der Waals surface area contributed by atoms with Crippen LogP contribution >= 0.6 is 11.8 Å². The molecule has 0 radical (unpaired) electrons. The maximum absolute atomic E-state index is 5.56. The molecule has 2 heteroatoms. The highest BCUT2D eigenvalue weighted by Crippen LogP contribution is 2.17. The van der Waals surface area contributed by atoms with Crippen LogP contribution in [-0.4, -0.2) is 23.7 Å². The predicted molar refractivity (Wildman–Crippen MR) is 57.8 cm³/mol. The van der Waals surface area contributed by atoms with Crippen LogP contribution in [0.15, 0.2) is 12.7 Å². The van der Waals surface area contributed by atoms with Crippen molar-refractivity contribution in [2.24, 2.45) is 0 Å². The normalized spacial score (nSPS) is 11.6. The van der Waals surface area contributed by atoms with E-state index in [1.165, 1.54) is 0 Å². The van der Waals surface area contributed by atoms with Crippen molar-refractivity contribution in [3.63, 3.8) is 0 Å². The third-order valence-corrected chi connectivity index (χ3v) is 2.87. The van der Waals surface area contributed by atoms with Crippen molar-refractivity contribution in [1.82, 2.24) is 0 Å². The lowest BCUT2D eigenvalue weighted by Gasteiger charge is -2.23. The van der Waals surface area contributed by atoms with Gasteiger partial charge in [0.05, 0.1) is 5.60 Å². The van der Waals surface area contributed by atoms with Crippen LogP contribution in [-0.2, 0) is 4.74 Å². The van der Waals surface area contributed by atoms with E-state index < -0.39 is 0 Å². The molecule has 12 heavy (non-hydrogen) atoms. The molecule has 0 rings (SSSR count). The van der Waals surface area contributed by atoms with Crippen LogP contribution in [0.2, 0.25) is 0 Å². The van der Waals surface area contributed by atoms with E-state index in [9.17, 15) is 0 Å². The van der Waals surface area contributed by atoms with Gasteiger partial charge in [-0.3, -0.25) is 0 Å². The fourth-order valence-electron chi connectivity index (χ4n) is 0.917. The molecule has 0 unspecified atom stereocenters. The minimum absolute atomic E-state index is 0.0284. The maximum atomic E-state index is 5.56. The van der Waals surface area contributed by atoms with E-state index in [4.69, 9.17) is 4.74 Å². The number of hydrogen-bond acceptors (Lipinski definition) is 2. The van der Waals surface area contributed by atoms with Crippen LogP contribution in [0, 0.1) is 0 Å². The van der Waals surface area contributed by atoms with Crippen LogP contribution in [0.5, 0.6) is 0 Å². The Morgan fingerprint density at radius 3 is 2.67 bits per heavy atom. The first-order valence-corrected chi connectivity index (χ1v) is 5.60. The third-order valence-electron chi connectivity index (χ3n) is 1.45. The molecule has 0 atom stereocenters. The van der Waals surface area contributed by atoms with Crippen molar-refractivity contribution in [2.45, 2.75) is 32.8 Å². The summed E-state index contributed by atoms with van der Waals surface area (Å²) in [6.45, 7) is 10.8. The van der Waals surface area contributed by atoms with E-state index in [0.29, 0.717) is 0 Å². The van der Waals surface area contributed by atoms with Crippen LogP contribution in [0.1, 0.15) is 27.2 Å². The molecule has 0 saturated heterocycles. The minimum Gasteiger partial charge on any atom is -0.375 e. The summed E-state index contributed by atoms with van der Waals surface area (Å²) in [5.41, 5.74) is 0.0284. The number of allylic oxidation sites excluding steroid dienone is 1. The molecular weight excluding hydrogens is 168 g/mol. The molecule has 0 amide bonds. The summed E-state index contributed by atoms with van der Waals surface area (Å²) in [6.07, 6.45) is 3.05. The standard InChI is InChI=1S/C10H20OS/c1-5-7-8-12-9-10(3,4)11-6-2/h5H,1,6-9H2,2-4H3. The van der Waals surface area contributed by atoms with E-state index in [1.807, 2.05) is 24.8 Å². The quantitative estimate of drug-likeness (QED) is 0.448. The zero-order valence-electron chi connectivity index (χ0n) is 8.43. The summed E-state index contributed by atoms with van der Waals surface area (Å²) >= 11 is 1.93. The summed E-state index contributed by atoms with van der Waals surface area (Å²) in [5.74, 6) is 2.22. The topological polar surface area (TPSA) is 9.23 Å². The summed E-state index contributed by atoms with van der Waals surface area (Å²) in [6, 6.07) is 0. The van der Waals surface area contributed by atoms with Crippen molar-refractivity contribution < 1.29 is 4.74 Å². The molecule has 72 valence electrons. The first-order valence-electron chi connectivity index (χ1n) is 4.45. The fraction of sp³-hybridized carbons (Fsp3) is 0.800. The van der Waals surface area contributed by atoms with Crippen molar-refractivity contribution in [3.05, 3.63) is 12.7 Å². The average molecular weight is 188 g/mol. The Bertz CT molecular complexity index is 121. The molecule has 0 aromatic rings. The summed E-state index contributed by atoms with van der Waals surface area (Å²) in [5, 5.41) is 0. The molecule has 0 spiro atoms. The van der Waals surface area contributed by atoms with Gasteiger partial charge in [0.2, 0.25) is 0 Å². The molecule has 0 aliphatic rings. The van der Waals surface area contributed by atoms with Crippen molar-refractivity contribution in [1.29, 1.82) is 0 Å².